The molecular weight excluding hydrogens is 592 g/mol. The van der Waals surface area contributed by atoms with Crippen molar-refractivity contribution in [2.24, 2.45) is 16.6 Å². The summed E-state index contributed by atoms with van der Waals surface area (Å²) in [7, 11) is 0. The minimum absolute atomic E-state index is 0.0273. The SMILES string of the molecule is NC(=NCc1ccc(Cl)c(-c2cccc3cc(C(=O)N4CCC(Cc5cnc[nH]5)CC4)cnc23)c1)SCCCc1cnc[nH]1. The van der Waals surface area contributed by atoms with Crippen molar-refractivity contribution in [3.63, 3.8) is 0 Å². The second kappa shape index (κ2) is 14.1. The summed E-state index contributed by atoms with van der Waals surface area (Å²) >= 11 is 8.25. The molecule has 1 fully saturated rings. The molecule has 11 heteroatoms. The second-order valence-electron chi connectivity index (χ2n) is 11.1. The zero-order valence-corrected chi connectivity index (χ0v) is 25.9. The van der Waals surface area contributed by atoms with E-state index in [0.717, 1.165) is 89.9 Å². The summed E-state index contributed by atoms with van der Waals surface area (Å²) in [4.78, 5) is 39.2. The first-order chi connectivity index (χ1) is 21.5. The van der Waals surface area contributed by atoms with Crippen LogP contribution in [0.1, 0.15) is 46.6 Å². The van der Waals surface area contributed by atoms with Gasteiger partial charge in [-0.3, -0.25) is 14.8 Å². The molecule has 3 aromatic heterocycles. The van der Waals surface area contributed by atoms with Gasteiger partial charge in [0.2, 0.25) is 0 Å². The fraction of sp³-hybridized carbons (Fsp3) is 0.303. The molecule has 1 aliphatic rings. The number of aliphatic imine (C=N–C) groups is 1. The number of nitrogens with zero attached hydrogens (tertiary/aromatic N) is 5. The maximum atomic E-state index is 13.4. The standard InChI is InChI=1S/C33H35ClN8OS/c34-30-7-6-23(16-39-33(35)44-12-2-4-26-18-36-20-40-26)14-29(30)28-5-1-3-24-15-25(17-38-31(24)28)32(43)42-10-8-22(9-11-42)13-27-19-37-21-41-27/h1,3,5-7,14-15,17-22H,2,4,8-13,16H2,(H2,35,39)(H,36,40)(H,37,41). The van der Waals surface area contributed by atoms with Crippen LogP contribution in [0, 0.1) is 5.92 Å². The van der Waals surface area contributed by atoms with Crippen LogP contribution < -0.4 is 5.73 Å². The lowest BCUT2D eigenvalue weighted by atomic mass is 9.92. The third-order valence-corrected chi connectivity index (χ3v) is 9.30. The number of rotatable bonds is 10. The minimum atomic E-state index is 0.0273. The van der Waals surface area contributed by atoms with E-state index in [0.29, 0.717) is 28.2 Å². The number of amidine groups is 1. The molecular formula is C33H35ClN8OS. The number of halogens is 1. The van der Waals surface area contributed by atoms with Gasteiger partial charge in [0.1, 0.15) is 0 Å². The lowest BCUT2D eigenvalue weighted by Gasteiger charge is -2.32. The summed E-state index contributed by atoms with van der Waals surface area (Å²) in [6.45, 7) is 1.95. The maximum Gasteiger partial charge on any atom is 0.255 e. The molecule has 0 saturated carbocycles. The highest BCUT2D eigenvalue weighted by Crippen LogP contribution is 2.34. The number of nitrogens with two attached hydrogens (primary N) is 1. The number of hydrogen-bond donors (Lipinski definition) is 3. The molecule has 0 unspecified atom stereocenters. The van der Waals surface area contributed by atoms with E-state index >= 15 is 0 Å². The number of benzene rings is 2. The molecule has 4 N–H and O–H groups in total. The number of piperidine rings is 1. The highest BCUT2D eigenvalue weighted by atomic mass is 35.5. The Labute approximate surface area is 265 Å². The van der Waals surface area contributed by atoms with Gasteiger partial charge in [-0.15, -0.1) is 0 Å². The zero-order chi connectivity index (χ0) is 30.3. The van der Waals surface area contributed by atoms with Gasteiger partial charge in [-0.2, -0.15) is 0 Å². The molecule has 0 spiro atoms. The van der Waals surface area contributed by atoms with Gasteiger partial charge in [0.25, 0.3) is 5.91 Å². The Bertz CT molecular complexity index is 1730. The van der Waals surface area contributed by atoms with Crippen LogP contribution >= 0.6 is 23.4 Å². The van der Waals surface area contributed by atoms with Crippen LogP contribution in [0.4, 0.5) is 0 Å². The van der Waals surface area contributed by atoms with Crippen LogP contribution in [0.3, 0.4) is 0 Å². The van der Waals surface area contributed by atoms with E-state index in [4.69, 9.17) is 22.3 Å². The summed E-state index contributed by atoms with van der Waals surface area (Å²) in [6.07, 6.45) is 13.7. The number of carbonyl (C=O) groups is 1. The van der Waals surface area contributed by atoms with E-state index < -0.39 is 0 Å². The Morgan fingerprint density at radius 3 is 2.59 bits per heavy atom. The maximum absolute atomic E-state index is 13.4. The van der Waals surface area contributed by atoms with Gasteiger partial charge in [0.05, 0.1) is 30.3 Å². The molecule has 1 aliphatic heterocycles. The highest BCUT2D eigenvalue weighted by molar-refractivity contribution is 8.13. The summed E-state index contributed by atoms with van der Waals surface area (Å²) in [5, 5.41) is 2.10. The average molecular weight is 627 g/mol. The fourth-order valence-electron chi connectivity index (χ4n) is 5.68. The number of thioether (sulfide) groups is 1. The van der Waals surface area contributed by atoms with Gasteiger partial charge in [-0.1, -0.05) is 47.6 Å². The lowest BCUT2D eigenvalue weighted by Crippen LogP contribution is -2.39. The molecule has 0 atom stereocenters. The largest absolute Gasteiger partial charge is 0.379 e. The van der Waals surface area contributed by atoms with Gasteiger partial charge in [-0.05, 0) is 61.8 Å². The van der Waals surface area contributed by atoms with E-state index in [1.54, 1.807) is 30.6 Å². The van der Waals surface area contributed by atoms with Crippen molar-refractivity contribution < 1.29 is 4.79 Å². The smallest absolute Gasteiger partial charge is 0.255 e. The van der Waals surface area contributed by atoms with Crippen molar-refractivity contribution in [2.75, 3.05) is 18.8 Å². The van der Waals surface area contributed by atoms with Gasteiger partial charge >= 0.3 is 0 Å². The van der Waals surface area contributed by atoms with E-state index in [9.17, 15) is 4.79 Å². The van der Waals surface area contributed by atoms with Crippen LogP contribution in [0.25, 0.3) is 22.0 Å². The third-order valence-electron chi connectivity index (χ3n) is 8.06. The molecule has 1 amide bonds. The number of hydrogen-bond acceptors (Lipinski definition) is 6. The number of amides is 1. The Kier molecular flexibility index (Phi) is 9.58. The normalized spacial score (nSPS) is 14.4. The number of fused-ring (bicyclic) bond motifs is 1. The van der Waals surface area contributed by atoms with Crippen LogP contribution in [-0.4, -0.2) is 59.7 Å². The number of pyridine rings is 1. The van der Waals surface area contributed by atoms with E-state index in [1.165, 1.54) is 0 Å². The Balaban J connectivity index is 1.10. The summed E-state index contributed by atoms with van der Waals surface area (Å²) in [6, 6.07) is 13.8. The molecule has 5 aromatic rings. The quantitative estimate of drug-likeness (QED) is 0.0951. The minimum Gasteiger partial charge on any atom is -0.379 e. The molecule has 0 radical (unpaired) electrons. The number of aryl methyl sites for hydroxylation is 1. The number of imidazole rings is 2. The second-order valence-corrected chi connectivity index (χ2v) is 12.6. The van der Waals surface area contributed by atoms with Crippen molar-refractivity contribution in [2.45, 2.75) is 38.6 Å². The average Bonchev–Trinajstić information content (AvgIpc) is 3.77. The number of H-pyrrole nitrogens is 2. The Morgan fingerprint density at radius 1 is 1.02 bits per heavy atom. The van der Waals surface area contributed by atoms with E-state index in [2.05, 4.69) is 24.9 Å². The zero-order valence-electron chi connectivity index (χ0n) is 24.4. The molecule has 9 nitrogen and oxygen atoms in total. The summed E-state index contributed by atoms with van der Waals surface area (Å²) in [5.41, 5.74) is 12.7. The van der Waals surface area contributed by atoms with Gasteiger partial charge in [0, 0.05) is 70.4 Å². The van der Waals surface area contributed by atoms with Crippen molar-refractivity contribution >= 4 is 45.3 Å². The molecule has 0 bridgehead atoms. The molecule has 6 rings (SSSR count). The molecule has 226 valence electrons. The molecule has 4 heterocycles. The first-order valence-corrected chi connectivity index (χ1v) is 16.2. The molecule has 44 heavy (non-hydrogen) atoms. The van der Waals surface area contributed by atoms with Crippen LogP contribution in [0.2, 0.25) is 5.02 Å². The Hall–Kier alpha value is -4.15. The van der Waals surface area contributed by atoms with Crippen LogP contribution in [0.5, 0.6) is 0 Å². The molecule has 1 saturated heterocycles. The summed E-state index contributed by atoms with van der Waals surface area (Å²) in [5.74, 6) is 1.46. The molecule has 2 aromatic carbocycles. The van der Waals surface area contributed by atoms with Gasteiger partial charge in [0.15, 0.2) is 5.17 Å². The van der Waals surface area contributed by atoms with Crippen LogP contribution in [-0.2, 0) is 19.4 Å². The van der Waals surface area contributed by atoms with Crippen molar-refractivity contribution in [3.8, 4) is 11.1 Å². The fourth-order valence-corrected chi connectivity index (χ4v) is 6.55. The van der Waals surface area contributed by atoms with Gasteiger partial charge < -0.3 is 20.6 Å². The number of likely N-dealkylation sites (tertiary alicyclic amines) is 1. The number of aromatic nitrogens is 5. The number of aromatic amines is 2. The van der Waals surface area contributed by atoms with Crippen LogP contribution in [0.15, 0.2) is 78.7 Å². The number of nitrogens with one attached hydrogen (secondary N) is 2. The predicted molar refractivity (Wildman–Crippen MR) is 178 cm³/mol. The lowest BCUT2D eigenvalue weighted by molar-refractivity contribution is 0.0690. The number of carbonyl (C=O) groups excluding carboxylic acids is 1. The summed E-state index contributed by atoms with van der Waals surface area (Å²) < 4.78 is 0. The predicted octanol–water partition coefficient (Wildman–Crippen LogP) is 6.28. The first kappa shape index (κ1) is 29.9. The topological polar surface area (TPSA) is 129 Å². The first-order valence-electron chi connectivity index (χ1n) is 14.9. The van der Waals surface area contributed by atoms with Gasteiger partial charge in [-0.25, -0.2) is 9.97 Å². The Morgan fingerprint density at radius 2 is 1.82 bits per heavy atom. The van der Waals surface area contributed by atoms with Crippen molar-refractivity contribution in [1.29, 1.82) is 0 Å². The monoisotopic (exact) mass is 626 g/mol. The van der Waals surface area contributed by atoms with Crippen molar-refractivity contribution in [1.82, 2.24) is 29.8 Å². The highest BCUT2D eigenvalue weighted by Gasteiger charge is 2.24. The molecule has 0 aliphatic carbocycles. The third kappa shape index (κ3) is 7.31. The van der Waals surface area contributed by atoms with E-state index in [1.807, 2.05) is 59.8 Å². The number of para-hydroxylation sites is 1. The van der Waals surface area contributed by atoms with Crippen molar-refractivity contribution in [3.05, 3.63) is 101 Å². The van der Waals surface area contributed by atoms with E-state index in [-0.39, 0.29) is 5.91 Å².